The third-order valence-corrected chi connectivity index (χ3v) is 7.58. The fourth-order valence-electron chi connectivity index (χ4n) is 3.23. The van der Waals surface area contributed by atoms with Crippen LogP contribution in [0, 0.1) is 12.8 Å². The summed E-state index contributed by atoms with van der Waals surface area (Å²) in [5.41, 5.74) is 1.64. The molecule has 1 atom stereocenters. The van der Waals surface area contributed by atoms with Crippen LogP contribution in [0.25, 0.3) is 0 Å². The van der Waals surface area contributed by atoms with Crippen molar-refractivity contribution in [3.63, 3.8) is 0 Å². The molecule has 8 heteroatoms. The first-order valence-electron chi connectivity index (χ1n) is 9.06. The number of carbonyl (C=O) groups is 1. The second-order valence-corrected chi connectivity index (χ2v) is 9.67. The molecule has 0 bridgehead atoms. The van der Waals surface area contributed by atoms with Crippen molar-refractivity contribution in [2.75, 3.05) is 13.1 Å². The molecule has 5 nitrogen and oxygen atoms in total. The topological polar surface area (TPSA) is 66.5 Å². The Labute approximate surface area is 175 Å². The van der Waals surface area contributed by atoms with Crippen molar-refractivity contribution in [1.29, 1.82) is 0 Å². The van der Waals surface area contributed by atoms with Crippen molar-refractivity contribution in [3.05, 3.63) is 63.6 Å². The van der Waals surface area contributed by atoms with Gasteiger partial charge in [-0.2, -0.15) is 4.31 Å². The molecule has 1 fully saturated rings. The molecule has 1 aliphatic heterocycles. The Morgan fingerprint density at radius 1 is 1.18 bits per heavy atom. The Balaban J connectivity index is 1.68. The first-order chi connectivity index (χ1) is 13.3. The maximum Gasteiger partial charge on any atom is 0.243 e. The van der Waals surface area contributed by atoms with Crippen LogP contribution >= 0.6 is 23.2 Å². The number of sulfonamides is 1. The molecule has 0 radical (unpaired) electrons. The Morgan fingerprint density at radius 3 is 2.64 bits per heavy atom. The zero-order valence-corrected chi connectivity index (χ0v) is 17.8. The molecule has 1 saturated heterocycles. The normalized spacial score (nSPS) is 18.0. The van der Waals surface area contributed by atoms with Gasteiger partial charge in [0.1, 0.15) is 0 Å². The van der Waals surface area contributed by atoms with Gasteiger partial charge in [-0.1, -0.05) is 47.5 Å². The fraction of sp³-hybridized carbons (Fsp3) is 0.350. The Morgan fingerprint density at radius 2 is 1.93 bits per heavy atom. The molecule has 0 aromatic heterocycles. The number of hydrogen-bond acceptors (Lipinski definition) is 3. The standard InChI is InChI=1S/C20H22Cl2N2O3S/c1-14-8-9-17(11-19(14)22)28(26,27)24-10-4-6-16(13-24)20(25)23-12-15-5-2-3-7-18(15)21/h2-3,5,7-9,11,16H,4,6,10,12-13H2,1H3,(H,23,25)/t16-/m1/s1. The molecule has 3 rings (SSSR count). The highest BCUT2D eigenvalue weighted by molar-refractivity contribution is 7.89. The molecule has 1 heterocycles. The molecule has 0 unspecified atom stereocenters. The number of nitrogens with zero attached hydrogens (tertiary/aromatic N) is 1. The quantitative estimate of drug-likeness (QED) is 0.762. The summed E-state index contributed by atoms with van der Waals surface area (Å²) in [5.74, 6) is -0.561. The maximum absolute atomic E-state index is 13.0. The summed E-state index contributed by atoms with van der Waals surface area (Å²) >= 11 is 12.2. The minimum Gasteiger partial charge on any atom is -0.352 e. The zero-order valence-electron chi connectivity index (χ0n) is 15.5. The molecule has 0 saturated carbocycles. The number of rotatable bonds is 5. The third-order valence-electron chi connectivity index (χ3n) is 4.95. The van der Waals surface area contributed by atoms with Crippen molar-refractivity contribution < 1.29 is 13.2 Å². The van der Waals surface area contributed by atoms with Gasteiger partial charge in [0.2, 0.25) is 15.9 Å². The van der Waals surface area contributed by atoms with Gasteiger partial charge in [-0.3, -0.25) is 4.79 Å². The summed E-state index contributed by atoms with van der Waals surface area (Å²) in [6, 6.07) is 12.0. The first-order valence-corrected chi connectivity index (χ1v) is 11.3. The number of nitrogens with one attached hydrogen (secondary N) is 1. The van der Waals surface area contributed by atoms with Crippen molar-refractivity contribution in [3.8, 4) is 0 Å². The summed E-state index contributed by atoms with van der Waals surface area (Å²) < 4.78 is 27.3. The van der Waals surface area contributed by atoms with E-state index in [1.165, 1.54) is 10.4 Å². The highest BCUT2D eigenvalue weighted by atomic mass is 35.5. The van der Waals surface area contributed by atoms with Gasteiger partial charge in [0, 0.05) is 29.7 Å². The summed E-state index contributed by atoms with van der Waals surface area (Å²) in [6.45, 7) is 2.68. The number of halogens is 2. The van der Waals surface area contributed by atoms with Crippen LogP contribution in [0.4, 0.5) is 0 Å². The van der Waals surface area contributed by atoms with E-state index in [4.69, 9.17) is 23.2 Å². The van der Waals surface area contributed by atoms with E-state index in [1.54, 1.807) is 18.2 Å². The number of piperidine rings is 1. The van der Waals surface area contributed by atoms with Gasteiger partial charge in [0.15, 0.2) is 0 Å². The molecular weight excluding hydrogens is 419 g/mol. The summed E-state index contributed by atoms with van der Waals surface area (Å²) in [5, 5.41) is 3.87. The predicted molar refractivity (Wildman–Crippen MR) is 111 cm³/mol. The van der Waals surface area contributed by atoms with Gasteiger partial charge < -0.3 is 5.32 Å². The number of amides is 1. The fourth-order valence-corrected chi connectivity index (χ4v) is 5.22. The maximum atomic E-state index is 13.0. The van der Waals surface area contributed by atoms with E-state index in [0.717, 1.165) is 11.1 Å². The van der Waals surface area contributed by atoms with Crippen molar-refractivity contribution in [2.24, 2.45) is 5.92 Å². The molecule has 1 aliphatic rings. The number of hydrogen-bond donors (Lipinski definition) is 1. The van der Waals surface area contributed by atoms with E-state index >= 15 is 0 Å². The third kappa shape index (κ3) is 4.69. The predicted octanol–water partition coefficient (Wildman–Crippen LogP) is 4.02. The second kappa shape index (κ2) is 8.82. The average Bonchev–Trinajstić information content (AvgIpc) is 2.69. The van der Waals surface area contributed by atoms with Crippen LogP contribution in [0.1, 0.15) is 24.0 Å². The van der Waals surface area contributed by atoms with E-state index in [9.17, 15) is 13.2 Å². The molecule has 1 amide bonds. The van der Waals surface area contributed by atoms with Crippen molar-refractivity contribution in [2.45, 2.75) is 31.2 Å². The number of carbonyl (C=O) groups excluding carboxylic acids is 1. The largest absolute Gasteiger partial charge is 0.352 e. The van der Waals surface area contributed by atoms with Crippen LogP contribution in [0.3, 0.4) is 0 Å². The molecule has 150 valence electrons. The average molecular weight is 441 g/mol. The lowest BCUT2D eigenvalue weighted by atomic mass is 9.99. The number of benzene rings is 2. The molecule has 2 aromatic carbocycles. The first kappa shape index (κ1) is 21.1. The van der Waals surface area contributed by atoms with Crippen LogP contribution in [0.15, 0.2) is 47.4 Å². The molecule has 0 aliphatic carbocycles. The second-order valence-electron chi connectivity index (χ2n) is 6.92. The molecular formula is C20H22Cl2N2O3S. The van der Waals surface area contributed by atoms with Gasteiger partial charge in [-0.05, 0) is 49.1 Å². The van der Waals surface area contributed by atoms with Gasteiger partial charge >= 0.3 is 0 Å². The summed E-state index contributed by atoms with van der Waals surface area (Å²) in [6.07, 6.45) is 1.28. The smallest absolute Gasteiger partial charge is 0.243 e. The van der Waals surface area contributed by atoms with Gasteiger partial charge in [-0.25, -0.2) is 8.42 Å². The minimum absolute atomic E-state index is 0.153. The van der Waals surface area contributed by atoms with Crippen LogP contribution in [-0.2, 0) is 21.4 Å². The van der Waals surface area contributed by atoms with E-state index in [1.807, 2.05) is 25.1 Å². The van der Waals surface area contributed by atoms with E-state index in [0.29, 0.717) is 36.0 Å². The van der Waals surface area contributed by atoms with E-state index in [-0.39, 0.29) is 17.3 Å². The highest BCUT2D eigenvalue weighted by Crippen LogP contribution is 2.27. The monoisotopic (exact) mass is 440 g/mol. The van der Waals surface area contributed by atoms with E-state index in [2.05, 4.69) is 5.32 Å². The molecule has 0 spiro atoms. The summed E-state index contributed by atoms with van der Waals surface area (Å²) in [4.78, 5) is 12.7. The van der Waals surface area contributed by atoms with Gasteiger partial charge in [-0.15, -0.1) is 0 Å². The lowest BCUT2D eigenvalue weighted by molar-refractivity contribution is -0.126. The van der Waals surface area contributed by atoms with Crippen LogP contribution in [0.2, 0.25) is 10.0 Å². The SMILES string of the molecule is Cc1ccc(S(=O)(=O)N2CCC[C@@H](C(=O)NCc3ccccc3Cl)C2)cc1Cl. The van der Waals surface area contributed by atoms with Crippen molar-refractivity contribution >= 4 is 39.1 Å². The van der Waals surface area contributed by atoms with Crippen LogP contribution in [-0.4, -0.2) is 31.7 Å². The highest BCUT2D eigenvalue weighted by Gasteiger charge is 2.33. The molecule has 28 heavy (non-hydrogen) atoms. The minimum atomic E-state index is -3.69. The van der Waals surface area contributed by atoms with Crippen molar-refractivity contribution in [1.82, 2.24) is 9.62 Å². The van der Waals surface area contributed by atoms with Crippen LogP contribution in [0.5, 0.6) is 0 Å². The van der Waals surface area contributed by atoms with E-state index < -0.39 is 15.9 Å². The summed E-state index contributed by atoms with van der Waals surface area (Å²) in [7, 11) is -3.69. The van der Waals surface area contributed by atoms with Gasteiger partial charge in [0.25, 0.3) is 0 Å². The Hall–Kier alpha value is -1.60. The molecule has 1 N–H and O–H groups in total. The van der Waals surface area contributed by atoms with Crippen LogP contribution < -0.4 is 5.32 Å². The molecule has 2 aromatic rings. The zero-order chi connectivity index (χ0) is 20.3. The Bertz CT molecular complexity index is 979. The lowest BCUT2D eigenvalue weighted by Crippen LogP contribution is -2.45. The Kier molecular flexibility index (Phi) is 6.65. The lowest BCUT2D eigenvalue weighted by Gasteiger charge is -2.31. The number of aryl methyl sites for hydroxylation is 1. The van der Waals surface area contributed by atoms with Gasteiger partial charge in [0.05, 0.1) is 10.8 Å².